The molecule has 1 aliphatic rings. The number of benzene rings is 1. The second-order valence-electron chi connectivity index (χ2n) is 5.43. The van der Waals surface area contributed by atoms with Crippen molar-refractivity contribution < 1.29 is 4.79 Å². The molecule has 0 bridgehead atoms. The van der Waals surface area contributed by atoms with Crippen molar-refractivity contribution >= 4 is 16.8 Å². The summed E-state index contributed by atoms with van der Waals surface area (Å²) < 4.78 is 1.75. The van der Waals surface area contributed by atoms with E-state index >= 15 is 0 Å². The maximum atomic E-state index is 12.4. The summed E-state index contributed by atoms with van der Waals surface area (Å²) in [6.45, 7) is 3.82. The van der Waals surface area contributed by atoms with Crippen molar-refractivity contribution in [2.75, 3.05) is 13.1 Å². The standard InChI is InChI=1S/C14H18N4O/c1-14(7-8-15-9-14)16-13(19)12-10-5-3-4-6-11(10)18(2)17-12/h3-6,15H,7-9H2,1-2H3,(H,16,19). The third-order valence-electron chi connectivity index (χ3n) is 3.76. The second-order valence-corrected chi connectivity index (χ2v) is 5.43. The summed E-state index contributed by atoms with van der Waals surface area (Å²) in [5.41, 5.74) is 1.31. The van der Waals surface area contributed by atoms with E-state index in [2.05, 4.69) is 22.7 Å². The molecule has 0 saturated carbocycles. The number of nitrogens with one attached hydrogen (secondary N) is 2. The van der Waals surface area contributed by atoms with Crippen molar-refractivity contribution in [3.05, 3.63) is 30.0 Å². The summed E-state index contributed by atoms with van der Waals surface area (Å²) in [4.78, 5) is 12.4. The van der Waals surface area contributed by atoms with Gasteiger partial charge < -0.3 is 10.6 Å². The van der Waals surface area contributed by atoms with E-state index in [1.165, 1.54) is 0 Å². The fraction of sp³-hybridized carbons (Fsp3) is 0.429. The molecule has 2 N–H and O–H groups in total. The van der Waals surface area contributed by atoms with E-state index in [0.717, 1.165) is 30.4 Å². The van der Waals surface area contributed by atoms with Crippen LogP contribution >= 0.6 is 0 Å². The van der Waals surface area contributed by atoms with Crippen LogP contribution in [0.4, 0.5) is 0 Å². The number of hydrogen-bond donors (Lipinski definition) is 2. The van der Waals surface area contributed by atoms with Gasteiger partial charge in [-0.25, -0.2) is 0 Å². The van der Waals surface area contributed by atoms with Gasteiger partial charge in [-0.2, -0.15) is 5.10 Å². The lowest BCUT2D eigenvalue weighted by Gasteiger charge is -2.23. The van der Waals surface area contributed by atoms with Gasteiger partial charge in [-0.05, 0) is 26.0 Å². The van der Waals surface area contributed by atoms with Crippen LogP contribution < -0.4 is 10.6 Å². The van der Waals surface area contributed by atoms with Crippen LogP contribution in [0.25, 0.3) is 10.9 Å². The van der Waals surface area contributed by atoms with Gasteiger partial charge in [0, 0.05) is 19.0 Å². The van der Waals surface area contributed by atoms with Crippen LogP contribution in [0.2, 0.25) is 0 Å². The topological polar surface area (TPSA) is 59.0 Å². The minimum atomic E-state index is -0.171. The number of hydrogen-bond acceptors (Lipinski definition) is 3. The van der Waals surface area contributed by atoms with Crippen molar-refractivity contribution in [2.45, 2.75) is 18.9 Å². The highest BCUT2D eigenvalue weighted by Gasteiger charge is 2.31. The molecule has 1 aromatic heterocycles. The Bertz CT molecular complexity index is 625. The van der Waals surface area contributed by atoms with Crippen LogP contribution in [0.1, 0.15) is 23.8 Å². The van der Waals surface area contributed by atoms with Crippen LogP contribution in [-0.2, 0) is 7.05 Å². The molecule has 5 nitrogen and oxygen atoms in total. The Morgan fingerprint density at radius 3 is 3.00 bits per heavy atom. The van der Waals surface area contributed by atoms with E-state index in [0.29, 0.717) is 5.69 Å². The molecule has 3 rings (SSSR count). The third kappa shape index (κ3) is 2.10. The molecule has 1 amide bonds. The fourth-order valence-corrected chi connectivity index (χ4v) is 2.64. The first-order valence-corrected chi connectivity index (χ1v) is 6.54. The highest BCUT2D eigenvalue weighted by Crippen LogP contribution is 2.19. The predicted molar refractivity (Wildman–Crippen MR) is 74.1 cm³/mol. The lowest BCUT2D eigenvalue weighted by Crippen LogP contribution is -2.47. The number of carbonyl (C=O) groups is 1. The Morgan fingerprint density at radius 1 is 1.47 bits per heavy atom. The molecular formula is C14H18N4O. The number of nitrogens with zero attached hydrogens (tertiary/aromatic N) is 2. The highest BCUT2D eigenvalue weighted by atomic mass is 16.2. The van der Waals surface area contributed by atoms with E-state index in [9.17, 15) is 4.79 Å². The van der Waals surface area contributed by atoms with Crippen molar-refractivity contribution in [1.82, 2.24) is 20.4 Å². The van der Waals surface area contributed by atoms with Crippen LogP contribution in [0.5, 0.6) is 0 Å². The first kappa shape index (κ1) is 12.2. The van der Waals surface area contributed by atoms with Crippen LogP contribution in [0.15, 0.2) is 24.3 Å². The van der Waals surface area contributed by atoms with Gasteiger partial charge in [0.2, 0.25) is 0 Å². The van der Waals surface area contributed by atoms with Gasteiger partial charge in [-0.3, -0.25) is 9.48 Å². The van der Waals surface area contributed by atoms with Crippen LogP contribution in [-0.4, -0.2) is 34.3 Å². The van der Waals surface area contributed by atoms with Crippen molar-refractivity contribution in [1.29, 1.82) is 0 Å². The van der Waals surface area contributed by atoms with E-state index in [4.69, 9.17) is 0 Å². The molecule has 1 fully saturated rings. The molecule has 0 aliphatic carbocycles. The van der Waals surface area contributed by atoms with Gasteiger partial charge in [0.15, 0.2) is 5.69 Å². The van der Waals surface area contributed by atoms with Gasteiger partial charge in [0.25, 0.3) is 5.91 Å². The van der Waals surface area contributed by atoms with E-state index < -0.39 is 0 Å². The molecule has 0 spiro atoms. The molecule has 2 aromatic rings. The SMILES string of the molecule is Cn1nc(C(=O)NC2(C)CCNC2)c2ccccc21. The van der Waals surface area contributed by atoms with Gasteiger partial charge in [-0.1, -0.05) is 18.2 Å². The lowest BCUT2D eigenvalue weighted by molar-refractivity contribution is 0.0909. The van der Waals surface area contributed by atoms with Gasteiger partial charge in [0.1, 0.15) is 0 Å². The van der Waals surface area contributed by atoms with Crippen molar-refractivity contribution in [3.63, 3.8) is 0 Å². The average Bonchev–Trinajstić information content (AvgIpc) is 2.95. The molecule has 1 atom stereocenters. The third-order valence-corrected chi connectivity index (χ3v) is 3.76. The fourth-order valence-electron chi connectivity index (χ4n) is 2.64. The quantitative estimate of drug-likeness (QED) is 0.846. The largest absolute Gasteiger partial charge is 0.344 e. The number of aromatic nitrogens is 2. The van der Waals surface area contributed by atoms with E-state index in [-0.39, 0.29) is 11.4 Å². The van der Waals surface area contributed by atoms with Gasteiger partial charge in [-0.15, -0.1) is 0 Å². The number of carbonyl (C=O) groups excluding carboxylic acids is 1. The molecule has 0 radical (unpaired) electrons. The Kier molecular flexibility index (Phi) is 2.78. The first-order chi connectivity index (χ1) is 9.09. The van der Waals surface area contributed by atoms with Gasteiger partial charge >= 0.3 is 0 Å². The first-order valence-electron chi connectivity index (χ1n) is 6.54. The molecule has 5 heteroatoms. The Balaban J connectivity index is 1.94. The smallest absolute Gasteiger partial charge is 0.272 e. The van der Waals surface area contributed by atoms with Crippen LogP contribution in [0, 0.1) is 0 Å². The summed E-state index contributed by atoms with van der Waals surface area (Å²) in [5, 5.41) is 11.6. The molecule has 1 aliphatic heterocycles. The summed E-state index contributed by atoms with van der Waals surface area (Å²) in [6.07, 6.45) is 0.948. The van der Waals surface area contributed by atoms with Crippen molar-refractivity contribution in [3.8, 4) is 0 Å². The Labute approximate surface area is 112 Å². The Hall–Kier alpha value is -1.88. The lowest BCUT2D eigenvalue weighted by atomic mass is 10.0. The maximum absolute atomic E-state index is 12.4. The Morgan fingerprint density at radius 2 is 2.26 bits per heavy atom. The number of rotatable bonds is 2. The van der Waals surface area contributed by atoms with E-state index in [1.54, 1.807) is 4.68 Å². The number of amides is 1. The summed E-state index contributed by atoms with van der Waals surface area (Å²) in [7, 11) is 1.86. The van der Waals surface area contributed by atoms with Crippen molar-refractivity contribution in [2.24, 2.45) is 7.05 Å². The number of fused-ring (bicyclic) bond motifs is 1. The second kappa shape index (κ2) is 4.35. The molecule has 1 saturated heterocycles. The molecular weight excluding hydrogens is 240 g/mol. The normalized spacial score (nSPS) is 22.8. The zero-order chi connectivity index (χ0) is 13.5. The summed E-state index contributed by atoms with van der Waals surface area (Å²) in [6, 6.07) is 7.79. The highest BCUT2D eigenvalue weighted by molar-refractivity contribution is 6.05. The predicted octanol–water partition coefficient (Wildman–Crippen LogP) is 1.06. The zero-order valence-corrected chi connectivity index (χ0v) is 11.2. The molecule has 1 unspecified atom stereocenters. The minimum absolute atomic E-state index is 0.0944. The van der Waals surface area contributed by atoms with E-state index in [1.807, 2.05) is 31.3 Å². The molecule has 100 valence electrons. The number of aryl methyl sites for hydroxylation is 1. The molecule has 1 aromatic carbocycles. The minimum Gasteiger partial charge on any atom is -0.344 e. The monoisotopic (exact) mass is 258 g/mol. The summed E-state index contributed by atoms with van der Waals surface area (Å²) in [5.74, 6) is -0.0944. The number of para-hydroxylation sites is 1. The van der Waals surface area contributed by atoms with Gasteiger partial charge in [0.05, 0.1) is 11.1 Å². The average molecular weight is 258 g/mol. The molecule has 2 heterocycles. The van der Waals surface area contributed by atoms with Crippen LogP contribution in [0.3, 0.4) is 0 Å². The zero-order valence-electron chi connectivity index (χ0n) is 11.2. The molecule has 19 heavy (non-hydrogen) atoms. The maximum Gasteiger partial charge on any atom is 0.272 e. The summed E-state index contributed by atoms with van der Waals surface area (Å²) >= 11 is 0.